The van der Waals surface area contributed by atoms with Crippen molar-refractivity contribution in [3.8, 4) is 0 Å². The van der Waals surface area contributed by atoms with Crippen molar-refractivity contribution in [2.45, 2.75) is 38.2 Å². The molecule has 166 valence electrons. The molecule has 3 saturated heterocycles. The van der Waals surface area contributed by atoms with Crippen molar-refractivity contribution < 1.29 is 24.2 Å². The molecule has 31 heavy (non-hydrogen) atoms. The van der Waals surface area contributed by atoms with Crippen LogP contribution in [0.2, 0.25) is 0 Å². The Kier molecular flexibility index (Phi) is 6.17. The third kappa shape index (κ3) is 4.39. The third-order valence-electron chi connectivity index (χ3n) is 6.56. The van der Waals surface area contributed by atoms with Gasteiger partial charge in [-0.05, 0) is 57.0 Å². The molecule has 3 aliphatic rings. The molecule has 1 spiro atoms. The number of aromatic nitrogens is 3. The Morgan fingerprint density at radius 3 is 2.58 bits per heavy atom. The summed E-state index contributed by atoms with van der Waals surface area (Å²) in [5, 5.41) is 17.5. The Morgan fingerprint density at radius 1 is 1.19 bits per heavy atom. The van der Waals surface area contributed by atoms with Crippen LogP contribution in [0.5, 0.6) is 0 Å². The van der Waals surface area contributed by atoms with E-state index in [0.717, 1.165) is 31.6 Å². The maximum Gasteiger partial charge on any atom is 0.312 e. The number of benzene rings is 1. The summed E-state index contributed by atoms with van der Waals surface area (Å²) in [6, 6.07) is 5.35. The van der Waals surface area contributed by atoms with Crippen molar-refractivity contribution in [2.75, 3.05) is 32.7 Å². The summed E-state index contributed by atoms with van der Waals surface area (Å²) in [5.74, 6) is -0.0763. The second kappa shape index (κ2) is 9.01. The molecule has 10 nitrogen and oxygen atoms in total. The summed E-state index contributed by atoms with van der Waals surface area (Å²) in [6.07, 6.45) is 4.63. The number of carbonyl (C=O) groups is 3. The van der Waals surface area contributed by atoms with Gasteiger partial charge < -0.3 is 14.7 Å². The van der Waals surface area contributed by atoms with Crippen LogP contribution in [0.1, 0.15) is 42.5 Å². The van der Waals surface area contributed by atoms with Gasteiger partial charge in [-0.25, -0.2) is 0 Å². The number of aromatic amines is 1. The number of amides is 1. The molecule has 2 N–H and O–H groups in total. The van der Waals surface area contributed by atoms with Crippen molar-refractivity contribution in [1.29, 1.82) is 0 Å². The molecule has 4 heterocycles. The number of nitrogens with zero attached hydrogens (tertiary/aromatic N) is 4. The number of carbonyl (C=O) groups excluding carboxylic acids is 2. The standard InChI is InChI=1S/C20H25N5O3.CH2O2/c26-18(14-3-4-16-17(11-14)22-23-21-16)25-9-5-20(6-10-25)12-15(28-19(20)27)13-24-7-1-2-8-24;2-1-3/h3-4,11,15H,1-2,5-10,12-13H2,(H,21,22,23);1H,(H,2,3). The second-order valence-electron chi connectivity index (χ2n) is 8.44. The van der Waals surface area contributed by atoms with Gasteiger partial charge in [0.25, 0.3) is 12.4 Å². The number of ether oxygens (including phenoxy) is 1. The lowest BCUT2D eigenvalue weighted by atomic mass is 9.76. The first-order valence-corrected chi connectivity index (χ1v) is 10.7. The number of piperidine rings is 1. The number of cyclic esters (lactones) is 1. The molecule has 1 unspecified atom stereocenters. The number of hydrogen-bond acceptors (Lipinski definition) is 7. The average Bonchev–Trinajstić information content (AvgIpc) is 3.50. The van der Waals surface area contributed by atoms with Crippen LogP contribution in [0, 0.1) is 5.41 Å². The van der Waals surface area contributed by atoms with E-state index in [1.807, 2.05) is 4.90 Å². The van der Waals surface area contributed by atoms with Crippen LogP contribution in [0.3, 0.4) is 0 Å². The smallest absolute Gasteiger partial charge is 0.312 e. The van der Waals surface area contributed by atoms with Crippen molar-refractivity contribution in [3.05, 3.63) is 23.8 Å². The number of nitrogens with one attached hydrogen (secondary N) is 1. The minimum atomic E-state index is -0.406. The summed E-state index contributed by atoms with van der Waals surface area (Å²) in [5.41, 5.74) is 1.63. The van der Waals surface area contributed by atoms with Crippen LogP contribution in [-0.4, -0.2) is 87.5 Å². The highest BCUT2D eigenvalue weighted by Gasteiger charge is 2.51. The summed E-state index contributed by atoms with van der Waals surface area (Å²) in [4.78, 5) is 38.1. The highest BCUT2D eigenvalue weighted by Crippen LogP contribution is 2.43. The number of H-pyrrole nitrogens is 1. The maximum absolute atomic E-state index is 12.9. The van der Waals surface area contributed by atoms with E-state index in [4.69, 9.17) is 14.6 Å². The Bertz CT molecular complexity index is 947. The van der Waals surface area contributed by atoms with Crippen LogP contribution in [0.15, 0.2) is 18.2 Å². The van der Waals surface area contributed by atoms with Gasteiger partial charge in [-0.3, -0.25) is 19.3 Å². The minimum Gasteiger partial charge on any atom is -0.483 e. The van der Waals surface area contributed by atoms with Crippen LogP contribution >= 0.6 is 0 Å². The van der Waals surface area contributed by atoms with Crippen molar-refractivity contribution >= 4 is 29.4 Å². The van der Waals surface area contributed by atoms with E-state index >= 15 is 0 Å². The Hall–Kier alpha value is -3.01. The van der Waals surface area contributed by atoms with E-state index in [0.29, 0.717) is 37.0 Å². The predicted octanol–water partition coefficient (Wildman–Crippen LogP) is 1.29. The van der Waals surface area contributed by atoms with Crippen LogP contribution < -0.4 is 0 Å². The lowest BCUT2D eigenvalue weighted by Crippen LogP contribution is -2.45. The van der Waals surface area contributed by atoms with Gasteiger partial charge in [0.1, 0.15) is 17.1 Å². The molecule has 3 fully saturated rings. The van der Waals surface area contributed by atoms with Crippen molar-refractivity contribution in [2.24, 2.45) is 5.41 Å². The molecule has 0 radical (unpaired) electrons. The van der Waals surface area contributed by atoms with Gasteiger partial charge >= 0.3 is 5.97 Å². The van der Waals surface area contributed by atoms with Gasteiger partial charge in [0.05, 0.1) is 5.41 Å². The fourth-order valence-electron chi connectivity index (χ4n) is 4.89. The van der Waals surface area contributed by atoms with E-state index in [1.165, 1.54) is 12.8 Å². The SMILES string of the molecule is O=C(c1ccc2n[nH]nc2c1)N1CCC2(CC1)CC(CN1CCCC1)OC2=O.O=CO. The van der Waals surface area contributed by atoms with E-state index in [1.54, 1.807) is 18.2 Å². The normalized spacial score (nSPS) is 22.9. The third-order valence-corrected chi connectivity index (χ3v) is 6.56. The highest BCUT2D eigenvalue weighted by molar-refractivity contribution is 5.97. The lowest BCUT2D eigenvalue weighted by molar-refractivity contribution is -0.151. The highest BCUT2D eigenvalue weighted by atomic mass is 16.6. The fourth-order valence-corrected chi connectivity index (χ4v) is 4.89. The number of hydrogen-bond donors (Lipinski definition) is 2. The fraction of sp³-hybridized carbons (Fsp3) is 0.571. The van der Waals surface area contributed by atoms with Crippen molar-refractivity contribution in [3.63, 3.8) is 0 Å². The molecule has 1 atom stereocenters. The molecule has 1 aromatic carbocycles. The van der Waals surface area contributed by atoms with Gasteiger partial charge in [0, 0.05) is 31.6 Å². The first kappa shape index (κ1) is 21.2. The van der Waals surface area contributed by atoms with Crippen LogP contribution in [-0.2, 0) is 14.3 Å². The summed E-state index contributed by atoms with van der Waals surface area (Å²) >= 11 is 0. The maximum atomic E-state index is 12.9. The van der Waals surface area contributed by atoms with E-state index < -0.39 is 5.41 Å². The zero-order valence-electron chi connectivity index (χ0n) is 17.3. The van der Waals surface area contributed by atoms with Gasteiger partial charge in [-0.2, -0.15) is 15.4 Å². The van der Waals surface area contributed by atoms with Gasteiger partial charge in [-0.1, -0.05) is 0 Å². The number of esters is 1. The van der Waals surface area contributed by atoms with E-state index in [9.17, 15) is 9.59 Å². The Labute approximate surface area is 179 Å². The summed E-state index contributed by atoms with van der Waals surface area (Å²) < 4.78 is 5.73. The quantitative estimate of drug-likeness (QED) is 0.552. The molecule has 3 aliphatic heterocycles. The average molecular weight is 429 g/mol. The molecule has 5 rings (SSSR count). The first-order chi connectivity index (χ1) is 15.0. The Balaban J connectivity index is 0.000000730. The molecule has 1 amide bonds. The largest absolute Gasteiger partial charge is 0.483 e. The van der Waals surface area contributed by atoms with Crippen LogP contribution in [0.25, 0.3) is 11.0 Å². The molecular formula is C21H27N5O5. The van der Waals surface area contributed by atoms with Gasteiger partial charge in [0.15, 0.2) is 0 Å². The molecule has 10 heteroatoms. The summed E-state index contributed by atoms with van der Waals surface area (Å²) in [6.45, 7) is 3.99. The van der Waals surface area contributed by atoms with Crippen LogP contribution in [0.4, 0.5) is 0 Å². The molecule has 0 aliphatic carbocycles. The number of carboxylic acid groups (broad SMARTS) is 1. The number of likely N-dealkylation sites (tertiary alicyclic amines) is 2. The van der Waals surface area contributed by atoms with Crippen molar-refractivity contribution in [1.82, 2.24) is 25.2 Å². The zero-order chi connectivity index (χ0) is 21.8. The molecule has 0 saturated carbocycles. The monoisotopic (exact) mass is 429 g/mol. The molecule has 1 aromatic heterocycles. The minimum absolute atomic E-state index is 0.00224. The Morgan fingerprint density at radius 2 is 1.87 bits per heavy atom. The predicted molar refractivity (Wildman–Crippen MR) is 110 cm³/mol. The van der Waals surface area contributed by atoms with E-state index in [-0.39, 0.29) is 24.5 Å². The molecular weight excluding hydrogens is 402 g/mol. The molecule has 2 aromatic rings. The summed E-state index contributed by atoms with van der Waals surface area (Å²) in [7, 11) is 0. The number of rotatable bonds is 3. The topological polar surface area (TPSA) is 129 Å². The number of fused-ring (bicyclic) bond motifs is 1. The van der Waals surface area contributed by atoms with Gasteiger partial charge in [0.2, 0.25) is 0 Å². The zero-order valence-corrected chi connectivity index (χ0v) is 17.3. The first-order valence-electron chi connectivity index (χ1n) is 10.7. The van der Waals surface area contributed by atoms with Gasteiger partial charge in [-0.15, -0.1) is 0 Å². The van der Waals surface area contributed by atoms with E-state index in [2.05, 4.69) is 20.3 Å². The second-order valence-corrected chi connectivity index (χ2v) is 8.44. The lowest BCUT2D eigenvalue weighted by Gasteiger charge is -2.36. The molecule has 0 bridgehead atoms.